The molecule has 0 unspecified atom stereocenters. The number of benzene rings is 2. The van der Waals surface area contributed by atoms with Crippen molar-refractivity contribution in [3.05, 3.63) is 56.5 Å². The maximum atomic E-state index is 13.9. The fourth-order valence-electron chi connectivity index (χ4n) is 5.32. The number of nitrogens with zero attached hydrogens (tertiary/aromatic N) is 2. The van der Waals surface area contributed by atoms with Crippen molar-refractivity contribution < 1.29 is 33.7 Å². The Morgan fingerprint density at radius 3 is 1.11 bits per heavy atom. The van der Waals surface area contributed by atoms with Crippen LogP contribution < -0.4 is 0 Å². The summed E-state index contributed by atoms with van der Waals surface area (Å²) in [6.07, 6.45) is 0. The highest BCUT2D eigenvalue weighted by molar-refractivity contribution is 7.93. The van der Waals surface area contributed by atoms with E-state index in [1.54, 1.807) is 0 Å². The first-order valence-corrected chi connectivity index (χ1v) is 18.9. The van der Waals surface area contributed by atoms with Crippen molar-refractivity contribution in [1.82, 2.24) is 8.61 Å². The average Bonchev–Trinajstić information content (AvgIpc) is 3.27. The zero-order valence-electron chi connectivity index (χ0n) is 18.9. The van der Waals surface area contributed by atoms with Crippen molar-refractivity contribution in [3.63, 3.8) is 0 Å². The molecule has 3 saturated heterocycles. The van der Waals surface area contributed by atoms with E-state index >= 15 is 0 Å². The van der Waals surface area contributed by atoms with E-state index in [4.69, 9.17) is 46.4 Å². The Morgan fingerprint density at radius 1 is 0.553 bits per heavy atom. The van der Waals surface area contributed by atoms with Crippen molar-refractivity contribution in [2.45, 2.75) is 34.0 Å². The molecule has 4 atom stereocenters. The molecule has 3 heterocycles. The van der Waals surface area contributed by atoms with Crippen molar-refractivity contribution in [3.8, 4) is 0 Å². The van der Waals surface area contributed by atoms with E-state index < -0.39 is 86.9 Å². The summed E-state index contributed by atoms with van der Waals surface area (Å²) in [4.78, 5) is -0.669. The molecule has 10 nitrogen and oxygen atoms in total. The molecule has 0 saturated carbocycles. The second kappa shape index (κ2) is 9.43. The predicted octanol–water partition coefficient (Wildman–Crippen LogP) is 2.33. The van der Waals surface area contributed by atoms with Crippen molar-refractivity contribution >= 4 is 86.1 Å². The zero-order chi connectivity index (χ0) is 28.0. The third-order valence-electron chi connectivity index (χ3n) is 6.83. The smallest absolute Gasteiger partial charge is 0.229 e. The van der Waals surface area contributed by atoms with Gasteiger partial charge in [0.15, 0.2) is 19.7 Å². The summed E-state index contributed by atoms with van der Waals surface area (Å²) < 4.78 is 109. The summed E-state index contributed by atoms with van der Waals surface area (Å²) in [5.74, 6) is -2.80. The third-order valence-corrected chi connectivity index (χ3v) is 15.6. The van der Waals surface area contributed by atoms with Crippen LogP contribution in [0.3, 0.4) is 0 Å². The Labute approximate surface area is 240 Å². The fraction of sp³-hybridized carbons (Fsp3) is 0.400. The van der Waals surface area contributed by atoms with Gasteiger partial charge in [-0.2, -0.15) is 8.61 Å². The van der Waals surface area contributed by atoms with Crippen LogP contribution in [0.25, 0.3) is 0 Å². The summed E-state index contributed by atoms with van der Waals surface area (Å²) in [5.41, 5.74) is 0. The molecule has 0 N–H and O–H groups in total. The van der Waals surface area contributed by atoms with Crippen molar-refractivity contribution in [2.75, 3.05) is 23.0 Å². The zero-order valence-corrected chi connectivity index (χ0v) is 25.2. The van der Waals surface area contributed by atoms with Crippen LogP contribution in [0.1, 0.15) is 0 Å². The van der Waals surface area contributed by atoms with Gasteiger partial charge in [0.2, 0.25) is 20.0 Å². The number of halogens is 4. The van der Waals surface area contributed by atoms with Gasteiger partial charge in [0.1, 0.15) is 0 Å². The van der Waals surface area contributed by atoms with Crippen LogP contribution in [0.4, 0.5) is 0 Å². The molecule has 0 aliphatic carbocycles. The van der Waals surface area contributed by atoms with Crippen LogP contribution in [0.2, 0.25) is 20.1 Å². The lowest BCUT2D eigenvalue weighted by Gasteiger charge is -2.49. The van der Waals surface area contributed by atoms with E-state index in [1.807, 2.05) is 0 Å². The fourth-order valence-corrected chi connectivity index (χ4v) is 14.1. The molecule has 3 aliphatic rings. The highest BCUT2D eigenvalue weighted by Crippen LogP contribution is 2.44. The van der Waals surface area contributed by atoms with Crippen molar-refractivity contribution in [1.29, 1.82) is 0 Å². The minimum absolute atomic E-state index is 0.0748. The molecule has 208 valence electrons. The molecule has 2 aromatic carbocycles. The number of hydrogen-bond acceptors (Lipinski definition) is 8. The number of sulfone groups is 2. The van der Waals surface area contributed by atoms with Gasteiger partial charge in [-0.25, -0.2) is 33.7 Å². The monoisotopic (exact) mass is 682 g/mol. The van der Waals surface area contributed by atoms with Gasteiger partial charge in [0.25, 0.3) is 0 Å². The van der Waals surface area contributed by atoms with Crippen LogP contribution in [0.15, 0.2) is 46.2 Å². The summed E-state index contributed by atoms with van der Waals surface area (Å²) in [5, 5.41) is -0.0175. The van der Waals surface area contributed by atoms with Gasteiger partial charge in [-0.05, 0) is 36.4 Å². The third kappa shape index (κ3) is 4.78. The van der Waals surface area contributed by atoms with E-state index in [-0.39, 0.29) is 29.9 Å². The average molecular weight is 684 g/mol. The normalized spacial score (nSPS) is 29.2. The maximum Gasteiger partial charge on any atom is 0.243 e. The molecule has 0 radical (unpaired) electrons. The quantitative estimate of drug-likeness (QED) is 0.478. The minimum Gasteiger partial charge on any atom is -0.229 e. The van der Waals surface area contributed by atoms with Crippen LogP contribution in [-0.2, 0) is 39.7 Å². The lowest BCUT2D eigenvalue weighted by Crippen LogP contribution is -2.69. The first-order valence-electron chi connectivity index (χ1n) is 10.8. The number of fused-ring (bicyclic) bond motifs is 2. The minimum atomic E-state index is -4.55. The molecule has 3 aliphatic heterocycles. The predicted molar refractivity (Wildman–Crippen MR) is 143 cm³/mol. The standard InChI is InChI=1S/C20H18Cl4N2O8S4/c21-13-3-1-11(5-15(13)23)37(31,32)25-17-7-35(27,28)9-19(17)26(20-10-36(29,30)8-18(20)25)38(33,34)12-2-4-14(22)16(24)6-12/h1-6,17-20H,7-10H2/t17-,18+,19+,20-. The highest BCUT2D eigenvalue weighted by Gasteiger charge is 2.63. The SMILES string of the molecule is O=S1(=O)C[C@@H]2[C@H](C1)N(S(=O)(=O)c1ccc(Cl)c(Cl)c1)[C@@H]1CS(=O)(=O)C[C@@H]1N2S(=O)(=O)c1ccc(Cl)c(Cl)c1. The molecule has 0 aromatic heterocycles. The number of rotatable bonds is 4. The molecule has 3 fully saturated rings. The van der Waals surface area contributed by atoms with E-state index in [9.17, 15) is 33.7 Å². The molecular formula is C20H18Cl4N2O8S4. The maximum absolute atomic E-state index is 13.9. The molecule has 0 spiro atoms. The van der Waals surface area contributed by atoms with Gasteiger partial charge in [-0.15, -0.1) is 0 Å². The largest absolute Gasteiger partial charge is 0.243 e. The van der Waals surface area contributed by atoms with E-state index in [0.29, 0.717) is 0 Å². The van der Waals surface area contributed by atoms with Gasteiger partial charge in [0, 0.05) is 0 Å². The Hall–Kier alpha value is -0.680. The summed E-state index contributed by atoms with van der Waals surface area (Å²) in [6.45, 7) is 0. The van der Waals surface area contributed by atoms with E-state index in [2.05, 4.69) is 0 Å². The lowest BCUT2D eigenvalue weighted by molar-refractivity contribution is 0.0841. The number of piperazine rings is 1. The first kappa shape index (κ1) is 28.8. The van der Waals surface area contributed by atoms with Gasteiger partial charge in [-0.3, -0.25) is 0 Å². The van der Waals surface area contributed by atoms with E-state index in [0.717, 1.165) is 20.7 Å². The Balaban J connectivity index is 1.71. The Bertz CT molecular complexity index is 1610. The van der Waals surface area contributed by atoms with Gasteiger partial charge < -0.3 is 0 Å². The summed E-state index contributed by atoms with van der Waals surface area (Å²) in [6, 6.07) is 1.39. The topological polar surface area (TPSA) is 143 Å². The number of sulfonamides is 2. The lowest BCUT2D eigenvalue weighted by atomic mass is 10.0. The van der Waals surface area contributed by atoms with Crippen molar-refractivity contribution in [2.24, 2.45) is 0 Å². The second-order valence-electron chi connectivity index (χ2n) is 9.24. The van der Waals surface area contributed by atoms with Crippen LogP contribution >= 0.6 is 46.4 Å². The Kier molecular flexibility index (Phi) is 7.15. The molecule has 0 bridgehead atoms. The molecule has 5 rings (SSSR count). The molecule has 38 heavy (non-hydrogen) atoms. The molecule has 2 aromatic rings. The Morgan fingerprint density at radius 2 is 0.842 bits per heavy atom. The molecular weight excluding hydrogens is 666 g/mol. The summed E-state index contributed by atoms with van der Waals surface area (Å²) >= 11 is 23.9. The number of hydrogen-bond donors (Lipinski definition) is 0. The van der Waals surface area contributed by atoms with Gasteiger partial charge in [-0.1, -0.05) is 46.4 Å². The van der Waals surface area contributed by atoms with Crippen LogP contribution in [0.5, 0.6) is 0 Å². The molecule has 0 amide bonds. The first-order chi connectivity index (χ1) is 17.4. The highest BCUT2D eigenvalue weighted by atomic mass is 35.5. The van der Waals surface area contributed by atoms with E-state index in [1.165, 1.54) is 24.3 Å². The van der Waals surface area contributed by atoms with Crippen LogP contribution in [-0.4, -0.2) is 89.5 Å². The van der Waals surface area contributed by atoms with Crippen LogP contribution in [0, 0.1) is 0 Å². The summed E-state index contributed by atoms with van der Waals surface area (Å²) in [7, 11) is -17.0. The van der Waals surface area contributed by atoms with Gasteiger partial charge in [0.05, 0.1) is 77.1 Å². The second-order valence-corrected chi connectivity index (χ2v) is 18.9. The molecule has 18 heteroatoms. The van der Waals surface area contributed by atoms with Gasteiger partial charge >= 0.3 is 0 Å².